The van der Waals surface area contributed by atoms with E-state index in [0.717, 1.165) is 6.92 Å². The van der Waals surface area contributed by atoms with Gasteiger partial charge in [-0.3, -0.25) is 4.79 Å². The van der Waals surface area contributed by atoms with Crippen molar-refractivity contribution in [3.8, 4) is 0 Å². The van der Waals surface area contributed by atoms with Crippen LogP contribution in [0.25, 0.3) is 0 Å². The van der Waals surface area contributed by atoms with Crippen LogP contribution >= 0.6 is 0 Å². The Kier molecular flexibility index (Phi) is 3.30. The number of carbonyl (C=O) groups is 1. The number of alkyl halides is 2. The third-order valence-corrected chi connectivity index (χ3v) is 0.787. The molecule has 54 valence electrons. The van der Waals surface area contributed by atoms with Crippen molar-refractivity contribution in [3.05, 3.63) is 0 Å². The molecule has 0 fully saturated rings. The molecular weight excluding hydrogens is 130 g/mol. The Hall–Kier alpha value is -0.510. The van der Waals surface area contributed by atoms with Gasteiger partial charge in [-0.15, -0.1) is 0 Å². The summed E-state index contributed by atoms with van der Waals surface area (Å²) in [6.45, 7) is 1.16. The van der Waals surface area contributed by atoms with Gasteiger partial charge in [0.15, 0.2) is 0 Å². The lowest BCUT2D eigenvalue weighted by atomic mass is 10.2. The molecule has 0 rings (SSSR count). The zero-order chi connectivity index (χ0) is 7.44. The Morgan fingerprint density at radius 3 is 2.22 bits per heavy atom. The molecule has 2 nitrogen and oxygen atoms in total. The predicted molar refractivity (Wildman–Crippen MR) is 27.3 cm³/mol. The number of ketones is 1. The highest BCUT2D eigenvalue weighted by Gasteiger charge is 2.17. The molecule has 0 aromatic carbocycles. The molecule has 0 heterocycles. The van der Waals surface area contributed by atoms with Gasteiger partial charge in [-0.05, 0) is 6.92 Å². The third-order valence-electron chi connectivity index (χ3n) is 0.787. The Bertz CT molecular complexity index is 103. The largest absolute Gasteiger partial charge is 0.387 e. The fourth-order valence-corrected chi connectivity index (χ4v) is 0.384. The molecule has 1 atom stereocenters. The first-order valence-electron chi connectivity index (χ1n) is 2.49. The lowest BCUT2D eigenvalue weighted by Crippen LogP contribution is -2.19. The van der Waals surface area contributed by atoms with Crippen LogP contribution in [0.2, 0.25) is 0 Å². The van der Waals surface area contributed by atoms with Gasteiger partial charge in [-0.2, -0.15) is 0 Å². The average molecular weight is 138 g/mol. The van der Waals surface area contributed by atoms with Crippen LogP contribution in [0, 0.1) is 0 Å². The number of halogens is 2. The first-order chi connectivity index (χ1) is 4.04. The number of hydrogen-bond acceptors (Lipinski definition) is 2. The van der Waals surface area contributed by atoms with Crippen LogP contribution in [-0.2, 0) is 4.79 Å². The molecule has 0 unspecified atom stereocenters. The summed E-state index contributed by atoms with van der Waals surface area (Å²) in [5, 5.41) is 8.33. The van der Waals surface area contributed by atoms with Gasteiger partial charge >= 0.3 is 0 Å². The second-order valence-electron chi connectivity index (χ2n) is 1.81. The van der Waals surface area contributed by atoms with Crippen molar-refractivity contribution >= 4 is 5.78 Å². The summed E-state index contributed by atoms with van der Waals surface area (Å²) in [4.78, 5) is 10.1. The molecule has 0 radical (unpaired) electrons. The van der Waals surface area contributed by atoms with E-state index in [1.807, 2.05) is 0 Å². The van der Waals surface area contributed by atoms with Gasteiger partial charge < -0.3 is 5.11 Å². The van der Waals surface area contributed by atoms with E-state index in [4.69, 9.17) is 5.11 Å². The van der Waals surface area contributed by atoms with Crippen LogP contribution < -0.4 is 0 Å². The second-order valence-corrected chi connectivity index (χ2v) is 1.81. The lowest BCUT2D eigenvalue weighted by molar-refractivity contribution is -0.121. The molecule has 0 bridgehead atoms. The SMILES string of the molecule is CC(=O)C[C@H](O)C(F)F. The maximum atomic E-state index is 11.4. The van der Waals surface area contributed by atoms with Crippen molar-refractivity contribution in [2.75, 3.05) is 0 Å². The minimum Gasteiger partial charge on any atom is -0.387 e. The van der Waals surface area contributed by atoms with E-state index in [1.165, 1.54) is 0 Å². The van der Waals surface area contributed by atoms with Crippen molar-refractivity contribution in [3.63, 3.8) is 0 Å². The maximum Gasteiger partial charge on any atom is 0.264 e. The molecule has 0 saturated heterocycles. The van der Waals surface area contributed by atoms with Crippen LogP contribution in [0.3, 0.4) is 0 Å². The number of aliphatic hydroxyl groups is 1. The highest BCUT2D eigenvalue weighted by Crippen LogP contribution is 2.04. The van der Waals surface area contributed by atoms with Crippen LogP contribution in [0.4, 0.5) is 8.78 Å². The molecule has 4 heteroatoms. The van der Waals surface area contributed by atoms with Crippen molar-refractivity contribution in [1.29, 1.82) is 0 Å². The van der Waals surface area contributed by atoms with Gasteiger partial charge in [0.1, 0.15) is 11.9 Å². The number of rotatable bonds is 3. The highest BCUT2D eigenvalue weighted by atomic mass is 19.3. The zero-order valence-corrected chi connectivity index (χ0v) is 4.97. The Morgan fingerprint density at radius 1 is 1.67 bits per heavy atom. The highest BCUT2D eigenvalue weighted by molar-refractivity contribution is 5.75. The molecule has 0 aromatic heterocycles. The van der Waals surface area contributed by atoms with Crippen LogP contribution in [0.5, 0.6) is 0 Å². The van der Waals surface area contributed by atoms with E-state index in [0.29, 0.717) is 0 Å². The molecule has 0 aliphatic rings. The number of hydrogen-bond donors (Lipinski definition) is 1. The van der Waals surface area contributed by atoms with E-state index in [1.54, 1.807) is 0 Å². The van der Waals surface area contributed by atoms with E-state index in [2.05, 4.69) is 0 Å². The normalized spacial score (nSPS) is 13.9. The summed E-state index contributed by atoms with van der Waals surface area (Å²) in [7, 11) is 0. The number of carbonyl (C=O) groups excluding carboxylic acids is 1. The fourth-order valence-electron chi connectivity index (χ4n) is 0.384. The number of Topliss-reactive ketones (excluding diaryl/α,β-unsaturated/α-hetero) is 1. The molecule has 1 N–H and O–H groups in total. The molecule has 0 amide bonds. The van der Waals surface area contributed by atoms with Crippen LogP contribution in [0.15, 0.2) is 0 Å². The standard InChI is InChI=1S/C5H8F2O2/c1-3(8)2-4(9)5(6)7/h4-5,9H,2H2,1H3/t4-/m0/s1. The van der Waals surface area contributed by atoms with Crippen molar-refractivity contribution in [2.24, 2.45) is 0 Å². The van der Waals surface area contributed by atoms with Crippen molar-refractivity contribution < 1.29 is 18.7 Å². The van der Waals surface area contributed by atoms with Gasteiger partial charge in [-0.1, -0.05) is 0 Å². The topological polar surface area (TPSA) is 37.3 Å². The summed E-state index contributed by atoms with van der Waals surface area (Å²) in [6.07, 6.45) is -5.06. The third kappa shape index (κ3) is 4.02. The van der Waals surface area contributed by atoms with Gasteiger partial charge in [-0.25, -0.2) is 8.78 Å². The van der Waals surface area contributed by atoms with E-state index < -0.39 is 24.7 Å². The summed E-state index contributed by atoms with van der Waals surface area (Å²) in [5.41, 5.74) is 0. The molecule has 0 saturated carbocycles. The Labute approximate surface area is 51.5 Å². The summed E-state index contributed by atoms with van der Waals surface area (Å²) in [6, 6.07) is 0. The molecule has 0 spiro atoms. The molecule has 9 heavy (non-hydrogen) atoms. The van der Waals surface area contributed by atoms with Crippen LogP contribution in [-0.4, -0.2) is 23.4 Å². The van der Waals surface area contributed by atoms with E-state index in [9.17, 15) is 13.6 Å². The number of aliphatic hydroxyl groups excluding tert-OH is 1. The molecule has 0 aliphatic carbocycles. The minimum absolute atomic E-state index is 0.428. The summed E-state index contributed by atoms with van der Waals surface area (Å²) >= 11 is 0. The Morgan fingerprint density at radius 2 is 2.11 bits per heavy atom. The minimum atomic E-state index is -2.81. The van der Waals surface area contributed by atoms with Crippen LogP contribution in [0.1, 0.15) is 13.3 Å². The van der Waals surface area contributed by atoms with E-state index >= 15 is 0 Å². The molecule has 0 aromatic rings. The van der Waals surface area contributed by atoms with Gasteiger partial charge in [0, 0.05) is 6.42 Å². The average Bonchev–Trinajstić information content (AvgIpc) is 1.63. The van der Waals surface area contributed by atoms with Crippen molar-refractivity contribution in [1.82, 2.24) is 0 Å². The van der Waals surface area contributed by atoms with Gasteiger partial charge in [0.2, 0.25) is 0 Å². The lowest BCUT2D eigenvalue weighted by Gasteiger charge is -2.04. The van der Waals surface area contributed by atoms with Crippen molar-refractivity contribution in [2.45, 2.75) is 25.9 Å². The quantitative estimate of drug-likeness (QED) is 0.619. The van der Waals surface area contributed by atoms with Gasteiger partial charge in [0.05, 0.1) is 0 Å². The van der Waals surface area contributed by atoms with E-state index in [-0.39, 0.29) is 0 Å². The monoisotopic (exact) mass is 138 g/mol. The van der Waals surface area contributed by atoms with Gasteiger partial charge in [0.25, 0.3) is 6.43 Å². The molecular formula is C5H8F2O2. The summed E-state index contributed by atoms with van der Waals surface area (Å²) < 4.78 is 22.8. The first kappa shape index (κ1) is 8.49. The maximum absolute atomic E-state index is 11.4. The zero-order valence-electron chi connectivity index (χ0n) is 4.97. The molecule has 0 aliphatic heterocycles. The predicted octanol–water partition coefficient (Wildman–Crippen LogP) is 0.591. The smallest absolute Gasteiger partial charge is 0.264 e. The first-order valence-corrected chi connectivity index (χ1v) is 2.49. The summed E-state index contributed by atoms with van der Waals surface area (Å²) in [5.74, 6) is -0.428. The fraction of sp³-hybridized carbons (Fsp3) is 0.800. The Balaban J connectivity index is 3.50. The second kappa shape index (κ2) is 3.50.